The Bertz CT molecular complexity index is 960. The quantitative estimate of drug-likeness (QED) is 0.233. The van der Waals surface area contributed by atoms with Crippen molar-refractivity contribution in [2.75, 3.05) is 5.32 Å². The number of amides is 1. The Morgan fingerprint density at radius 3 is 2.37 bits per heavy atom. The molecular weight excluding hydrogens is 376 g/mol. The van der Waals surface area contributed by atoms with Crippen LogP contribution in [0.25, 0.3) is 6.08 Å². The van der Waals surface area contributed by atoms with Crippen molar-refractivity contribution in [3.05, 3.63) is 74.3 Å². The van der Waals surface area contributed by atoms with Crippen molar-refractivity contribution in [1.29, 1.82) is 0 Å². The average molecular weight is 388 g/mol. The first-order valence-electron chi connectivity index (χ1n) is 7.28. The van der Waals surface area contributed by atoms with Gasteiger partial charge in [0.2, 0.25) is 5.91 Å². The number of phenols is 1. The molecule has 2 rings (SSSR count). The van der Waals surface area contributed by atoms with Gasteiger partial charge in [0.25, 0.3) is 11.4 Å². The van der Waals surface area contributed by atoms with Gasteiger partial charge in [0.05, 0.1) is 21.6 Å². The third kappa shape index (κ3) is 5.57. The molecule has 138 valence electrons. The second-order valence-corrected chi connectivity index (χ2v) is 5.50. The SMILES string of the molecule is O=C(/C=C/c1cccc([N+](=O)[O-])c1)NC(=S)Nc1ccc([N+](=O)[O-])cc1O. The van der Waals surface area contributed by atoms with Gasteiger partial charge in [0.15, 0.2) is 5.11 Å². The molecule has 0 aliphatic rings. The van der Waals surface area contributed by atoms with Crippen LogP contribution in [-0.4, -0.2) is 26.0 Å². The molecule has 0 spiro atoms. The van der Waals surface area contributed by atoms with E-state index in [4.69, 9.17) is 12.2 Å². The zero-order valence-electron chi connectivity index (χ0n) is 13.5. The molecule has 0 bridgehead atoms. The van der Waals surface area contributed by atoms with E-state index >= 15 is 0 Å². The van der Waals surface area contributed by atoms with Gasteiger partial charge in [-0.25, -0.2) is 0 Å². The van der Waals surface area contributed by atoms with Crippen LogP contribution in [0.1, 0.15) is 5.56 Å². The van der Waals surface area contributed by atoms with E-state index in [-0.39, 0.29) is 22.2 Å². The summed E-state index contributed by atoms with van der Waals surface area (Å²) < 4.78 is 0. The molecular formula is C16H12N4O6S. The summed E-state index contributed by atoms with van der Waals surface area (Å²) in [5, 5.41) is 35.8. The van der Waals surface area contributed by atoms with Gasteiger partial charge in [0, 0.05) is 24.3 Å². The number of aromatic hydroxyl groups is 1. The van der Waals surface area contributed by atoms with Crippen LogP contribution in [0.2, 0.25) is 0 Å². The summed E-state index contributed by atoms with van der Waals surface area (Å²) in [6, 6.07) is 9.04. The summed E-state index contributed by atoms with van der Waals surface area (Å²) in [7, 11) is 0. The molecule has 27 heavy (non-hydrogen) atoms. The van der Waals surface area contributed by atoms with Crippen molar-refractivity contribution in [3.8, 4) is 5.75 Å². The first-order chi connectivity index (χ1) is 12.8. The topological polar surface area (TPSA) is 148 Å². The van der Waals surface area contributed by atoms with E-state index in [1.807, 2.05) is 0 Å². The standard InChI is InChI=1S/C16H12N4O6S/c21-14-9-12(20(25)26)5-6-13(14)17-16(27)18-15(22)7-4-10-2-1-3-11(8-10)19(23)24/h1-9,21H,(H2,17,18,22,27)/b7-4+. The summed E-state index contributed by atoms with van der Waals surface area (Å²) in [6.07, 6.45) is 2.50. The van der Waals surface area contributed by atoms with Crippen LogP contribution in [0.3, 0.4) is 0 Å². The lowest BCUT2D eigenvalue weighted by atomic mass is 10.2. The molecule has 0 heterocycles. The van der Waals surface area contributed by atoms with Crippen molar-refractivity contribution < 1.29 is 19.7 Å². The molecule has 0 aliphatic carbocycles. The highest BCUT2D eigenvalue weighted by Gasteiger charge is 2.11. The Morgan fingerprint density at radius 1 is 1.07 bits per heavy atom. The van der Waals surface area contributed by atoms with E-state index in [1.165, 1.54) is 30.3 Å². The molecule has 11 heteroatoms. The Balaban J connectivity index is 1.97. The maximum Gasteiger partial charge on any atom is 0.273 e. The zero-order chi connectivity index (χ0) is 20.0. The minimum absolute atomic E-state index is 0.0774. The second kappa shape index (κ2) is 8.49. The monoisotopic (exact) mass is 388 g/mol. The highest BCUT2D eigenvalue weighted by atomic mass is 32.1. The number of anilines is 1. The van der Waals surface area contributed by atoms with Crippen molar-refractivity contribution >= 4 is 46.4 Å². The number of nitrogens with zero attached hydrogens (tertiary/aromatic N) is 2. The summed E-state index contributed by atoms with van der Waals surface area (Å²) in [5.74, 6) is -1.02. The van der Waals surface area contributed by atoms with Gasteiger partial charge in [0.1, 0.15) is 5.75 Å². The number of phenolic OH excluding ortho intramolecular Hbond substituents is 1. The fourth-order valence-electron chi connectivity index (χ4n) is 1.96. The molecule has 0 unspecified atom stereocenters. The molecule has 0 saturated heterocycles. The number of nitro benzene ring substituents is 2. The lowest BCUT2D eigenvalue weighted by Crippen LogP contribution is -2.32. The minimum atomic E-state index is -0.664. The molecule has 0 aliphatic heterocycles. The number of hydrogen-bond acceptors (Lipinski definition) is 7. The number of benzene rings is 2. The van der Waals surface area contributed by atoms with Crippen molar-refractivity contribution in [3.63, 3.8) is 0 Å². The smallest absolute Gasteiger partial charge is 0.273 e. The highest BCUT2D eigenvalue weighted by Crippen LogP contribution is 2.27. The van der Waals surface area contributed by atoms with E-state index in [0.29, 0.717) is 5.56 Å². The lowest BCUT2D eigenvalue weighted by molar-refractivity contribution is -0.385. The predicted molar refractivity (Wildman–Crippen MR) is 101 cm³/mol. The van der Waals surface area contributed by atoms with E-state index in [2.05, 4.69) is 10.6 Å². The average Bonchev–Trinajstić information content (AvgIpc) is 2.61. The molecule has 3 N–H and O–H groups in total. The molecule has 2 aromatic rings. The molecule has 0 saturated carbocycles. The number of rotatable bonds is 5. The van der Waals surface area contributed by atoms with E-state index in [0.717, 1.165) is 18.2 Å². The van der Waals surface area contributed by atoms with E-state index < -0.39 is 21.5 Å². The summed E-state index contributed by atoms with van der Waals surface area (Å²) in [4.78, 5) is 32.0. The van der Waals surface area contributed by atoms with Gasteiger partial charge in [-0.3, -0.25) is 30.3 Å². The number of hydrogen-bond donors (Lipinski definition) is 3. The third-order valence-electron chi connectivity index (χ3n) is 3.19. The lowest BCUT2D eigenvalue weighted by Gasteiger charge is -2.09. The molecule has 0 atom stereocenters. The third-order valence-corrected chi connectivity index (χ3v) is 3.39. The fourth-order valence-corrected chi connectivity index (χ4v) is 2.17. The van der Waals surface area contributed by atoms with Gasteiger partial charge in [-0.05, 0) is 29.9 Å². The van der Waals surface area contributed by atoms with Crippen LogP contribution in [0, 0.1) is 20.2 Å². The molecule has 2 aromatic carbocycles. The molecule has 0 radical (unpaired) electrons. The van der Waals surface area contributed by atoms with Gasteiger partial charge in [-0.15, -0.1) is 0 Å². The molecule has 0 fully saturated rings. The van der Waals surface area contributed by atoms with Gasteiger partial charge in [-0.2, -0.15) is 0 Å². The first kappa shape index (κ1) is 19.5. The summed E-state index contributed by atoms with van der Waals surface area (Å²) in [6.45, 7) is 0. The Labute approximate surface area is 157 Å². The van der Waals surface area contributed by atoms with Crippen molar-refractivity contribution in [2.24, 2.45) is 0 Å². The second-order valence-electron chi connectivity index (χ2n) is 5.09. The number of carbonyl (C=O) groups is 1. The molecule has 10 nitrogen and oxygen atoms in total. The Hall–Kier alpha value is -3.86. The summed E-state index contributed by atoms with van der Waals surface area (Å²) in [5.41, 5.74) is 0.121. The predicted octanol–water partition coefficient (Wildman–Crippen LogP) is 2.74. The van der Waals surface area contributed by atoms with Crippen LogP contribution in [0.5, 0.6) is 5.75 Å². The normalized spacial score (nSPS) is 10.4. The number of non-ortho nitro benzene ring substituents is 2. The van der Waals surface area contributed by atoms with E-state index in [1.54, 1.807) is 6.07 Å². The van der Waals surface area contributed by atoms with Gasteiger partial charge >= 0.3 is 0 Å². The van der Waals surface area contributed by atoms with E-state index in [9.17, 15) is 30.1 Å². The van der Waals surface area contributed by atoms with Gasteiger partial charge < -0.3 is 10.4 Å². The largest absolute Gasteiger partial charge is 0.506 e. The maximum absolute atomic E-state index is 11.9. The van der Waals surface area contributed by atoms with Crippen molar-refractivity contribution in [1.82, 2.24) is 5.32 Å². The minimum Gasteiger partial charge on any atom is -0.506 e. The van der Waals surface area contributed by atoms with Crippen LogP contribution >= 0.6 is 12.2 Å². The maximum atomic E-state index is 11.9. The number of thiocarbonyl (C=S) groups is 1. The molecule has 0 aromatic heterocycles. The molecule has 1 amide bonds. The van der Waals surface area contributed by atoms with Gasteiger partial charge in [-0.1, -0.05) is 12.1 Å². The fraction of sp³-hybridized carbons (Fsp3) is 0. The number of nitrogens with one attached hydrogen (secondary N) is 2. The number of nitro groups is 2. The summed E-state index contributed by atoms with van der Waals surface area (Å²) >= 11 is 4.93. The van der Waals surface area contributed by atoms with Crippen LogP contribution in [0.15, 0.2) is 48.5 Å². The Kier molecular flexibility index (Phi) is 6.12. The highest BCUT2D eigenvalue weighted by molar-refractivity contribution is 7.80. The van der Waals surface area contributed by atoms with Crippen molar-refractivity contribution in [2.45, 2.75) is 0 Å². The Morgan fingerprint density at radius 2 is 1.74 bits per heavy atom. The zero-order valence-corrected chi connectivity index (χ0v) is 14.3. The number of carbonyl (C=O) groups excluding carboxylic acids is 1. The van der Waals surface area contributed by atoms with Crippen LogP contribution in [-0.2, 0) is 4.79 Å². The first-order valence-corrected chi connectivity index (χ1v) is 7.69. The van der Waals surface area contributed by atoms with Crippen LogP contribution < -0.4 is 10.6 Å². The van der Waals surface area contributed by atoms with Crippen LogP contribution in [0.4, 0.5) is 17.1 Å².